The second-order valence-electron chi connectivity index (χ2n) is 4.97. The summed E-state index contributed by atoms with van der Waals surface area (Å²) >= 11 is 3.35. The van der Waals surface area contributed by atoms with Gasteiger partial charge in [-0.15, -0.1) is 0 Å². The van der Waals surface area contributed by atoms with Crippen LogP contribution >= 0.6 is 15.9 Å². The van der Waals surface area contributed by atoms with Gasteiger partial charge in [0.15, 0.2) is 0 Å². The van der Waals surface area contributed by atoms with Crippen LogP contribution in [0.1, 0.15) is 26.3 Å². The Labute approximate surface area is 110 Å². The van der Waals surface area contributed by atoms with Crippen molar-refractivity contribution in [2.24, 2.45) is 0 Å². The summed E-state index contributed by atoms with van der Waals surface area (Å²) in [4.78, 5) is 15.8. The molecule has 1 aromatic rings. The summed E-state index contributed by atoms with van der Waals surface area (Å²) in [5, 5.41) is 5.90. The third-order valence-electron chi connectivity index (χ3n) is 1.98. The lowest BCUT2D eigenvalue weighted by atomic mass is 10.1. The number of aromatic nitrogens is 1. The van der Waals surface area contributed by atoms with E-state index in [1.807, 2.05) is 33.8 Å². The van der Waals surface area contributed by atoms with E-state index in [4.69, 9.17) is 0 Å². The first kappa shape index (κ1) is 14.0. The van der Waals surface area contributed by atoms with E-state index in [0.717, 1.165) is 15.9 Å². The van der Waals surface area contributed by atoms with E-state index in [9.17, 15) is 4.79 Å². The Morgan fingerprint density at radius 2 is 2.12 bits per heavy atom. The number of nitrogens with zero attached hydrogens (tertiary/aromatic N) is 1. The summed E-state index contributed by atoms with van der Waals surface area (Å²) in [5.74, 6) is 0.693. The lowest BCUT2D eigenvalue weighted by molar-refractivity contribution is -0.120. The van der Waals surface area contributed by atoms with Crippen LogP contribution in [-0.2, 0) is 4.79 Å². The minimum atomic E-state index is -0.207. The zero-order valence-electron chi connectivity index (χ0n) is 10.6. The number of hydrogen-bond donors (Lipinski definition) is 2. The smallest absolute Gasteiger partial charge is 0.239 e. The largest absolute Gasteiger partial charge is 0.361 e. The molecule has 0 spiro atoms. The first-order chi connectivity index (χ1) is 7.78. The van der Waals surface area contributed by atoms with Gasteiger partial charge in [0.2, 0.25) is 5.91 Å². The highest BCUT2D eigenvalue weighted by molar-refractivity contribution is 9.10. The number of anilines is 1. The molecule has 94 valence electrons. The number of carbonyl (C=O) groups excluding carboxylic acids is 1. The Kier molecular flexibility index (Phi) is 4.51. The lowest BCUT2D eigenvalue weighted by Gasteiger charge is -2.20. The molecule has 0 aliphatic carbocycles. The summed E-state index contributed by atoms with van der Waals surface area (Å²) in [5.41, 5.74) is 0.795. The fourth-order valence-corrected chi connectivity index (χ4v) is 1.80. The van der Waals surface area contributed by atoms with E-state index in [2.05, 4.69) is 31.5 Å². The Hall–Kier alpha value is -1.10. The Morgan fingerprint density at radius 1 is 1.47 bits per heavy atom. The molecule has 0 aliphatic heterocycles. The highest BCUT2D eigenvalue weighted by Crippen LogP contribution is 2.16. The van der Waals surface area contributed by atoms with Gasteiger partial charge in [0.05, 0.1) is 6.54 Å². The molecule has 0 aliphatic rings. The zero-order valence-corrected chi connectivity index (χ0v) is 12.2. The van der Waals surface area contributed by atoms with Crippen molar-refractivity contribution in [1.82, 2.24) is 10.3 Å². The fraction of sp³-hybridized carbons (Fsp3) is 0.500. The van der Waals surface area contributed by atoms with E-state index >= 15 is 0 Å². The third-order valence-corrected chi connectivity index (χ3v) is 2.41. The molecule has 1 rings (SSSR count). The number of aryl methyl sites for hydroxylation is 1. The summed E-state index contributed by atoms with van der Waals surface area (Å²) < 4.78 is 0.930. The quantitative estimate of drug-likeness (QED) is 0.901. The second-order valence-corrected chi connectivity index (χ2v) is 5.89. The predicted molar refractivity (Wildman–Crippen MR) is 73.1 cm³/mol. The highest BCUT2D eigenvalue weighted by Gasteiger charge is 2.13. The Morgan fingerprint density at radius 3 is 2.65 bits per heavy atom. The van der Waals surface area contributed by atoms with Crippen molar-refractivity contribution in [1.29, 1.82) is 0 Å². The van der Waals surface area contributed by atoms with Crippen LogP contribution in [-0.4, -0.2) is 23.0 Å². The topological polar surface area (TPSA) is 54.0 Å². The Bertz CT molecular complexity index is 413. The van der Waals surface area contributed by atoms with E-state index in [0.29, 0.717) is 0 Å². The monoisotopic (exact) mass is 299 g/mol. The minimum Gasteiger partial charge on any atom is -0.361 e. The average Bonchev–Trinajstić information content (AvgIpc) is 2.13. The molecule has 0 saturated carbocycles. The van der Waals surface area contributed by atoms with Gasteiger partial charge in [-0.05, 0) is 55.3 Å². The van der Waals surface area contributed by atoms with E-state index in [-0.39, 0.29) is 18.0 Å². The van der Waals surface area contributed by atoms with Crippen LogP contribution in [0.25, 0.3) is 0 Å². The summed E-state index contributed by atoms with van der Waals surface area (Å²) in [7, 11) is 0. The SMILES string of the molecule is Cc1cc(Br)cnc1NCC(=O)NC(C)(C)C. The van der Waals surface area contributed by atoms with Gasteiger partial charge < -0.3 is 10.6 Å². The maximum atomic E-state index is 11.6. The van der Waals surface area contributed by atoms with Crippen LogP contribution in [0.3, 0.4) is 0 Å². The van der Waals surface area contributed by atoms with Crippen molar-refractivity contribution in [3.63, 3.8) is 0 Å². The van der Waals surface area contributed by atoms with Crippen LogP contribution in [0.4, 0.5) is 5.82 Å². The molecule has 5 heteroatoms. The van der Waals surface area contributed by atoms with Gasteiger partial charge in [0.25, 0.3) is 0 Å². The van der Waals surface area contributed by atoms with Crippen molar-refractivity contribution in [3.8, 4) is 0 Å². The summed E-state index contributed by atoms with van der Waals surface area (Å²) in [6, 6.07) is 1.96. The molecular weight excluding hydrogens is 282 g/mol. The molecule has 4 nitrogen and oxygen atoms in total. The molecule has 1 amide bonds. The zero-order chi connectivity index (χ0) is 13.1. The van der Waals surface area contributed by atoms with Crippen LogP contribution in [0.5, 0.6) is 0 Å². The van der Waals surface area contributed by atoms with Crippen molar-refractivity contribution in [2.45, 2.75) is 33.2 Å². The fourth-order valence-electron chi connectivity index (χ4n) is 1.35. The minimum absolute atomic E-state index is 0.0402. The van der Waals surface area contributed by atoms with Crippen LogP contribution in [0.15, 0.2) is 16.7 Å². The molecule has 0 radical (unpaired) electrons. The molecule has 1 heterocycles. The average molecular weight is 300 g/mol. The highest BCUT2D eigenvalue weighted by atomic mass is 79.9. The molecular formula is C12H18BrN3O. The van der Waals surface area contributed by atoms with E-state index < -0.39 is 0 Å². The van der Waals surface area contributed by atoms with E-state index in [1.165, 1.54) is 0 Å². The number of hydrogen-bond acceptors (Lipinski definition) is 3. The third kappa shape index (κ3) is 5.17. The van der Waals surface area contributed by atoms with Crippen LogP contribution in [0, 0.1) is 6.92 Å². The van der Waals surface area contributed by atoms with Gasteiger partial charge in [-0.25, -0.2) is 4.98 Å². The normalized spacial score (nSPS) is 11.1. The number of rotatable bonds is 3. The molecule has 0 atom stereocenters. The molecule has 0 bridgehead atoms. The molecule has 17 heavy (non-hydrogen) atoms. The maximum Gasteiger partial charge on any atom is 0.239 e. The molecule has 2 N–H and O–H groups in total. The number of halogens is 1. The van der Waals surface area contributed by atoms with Gasteiger partial charge in [-0.3, -0.25) is 4.79 Å². The van der Waals surface area contributed by atoms with Crippen molar-refractivity contribution < 1.29 is 4.79 Å². The number of amides is 1. The first-order valence-electron chi connectivity index (χ1n) is 5.45. The number of carbonyl (C=O) groups is 1. The summed E-state index contributed by atoms with van der Waals surface area (Å²) in [6.07, 6.45) is 1.71. The van der Waals surface area contributed by atoms with Crippen molar-refractivity contribution >= 4 is 27.7 Å². The van der Waals surface area contributed by atoms with Crippen molar-refractivity contribution in [2.75, 3.05) is 11.9 Å². The standard InChI is InChI=1S/C12H18BrN3O/c1-8-5-9(13)6-14-11(8)15-7-10(17)16-12(2,3)4/h5-6H,7H2,1-4H3,(H,14,15)(H,16,17). The number of nitrogens with one attached hydrogen (secondary N) is 2. The van der Waals surface area contributed by atoms with Gasteiger partial charge in [-0.2, -0.15) is 0 Å². The lowest BCUT2D eigenvalue weighted by Crippen LogP contribution is -2.43. The van der Waals surface area contributed by atoms with Gasteiger partial charge in [0.1, 0.15) is 5.82 Å². The second kappa shape index (κ2) is 5.49. The van der Waals surface area contributed by atoms with Gasteiger partial charge in [0, 0.05) is 16.2 Å². The maximum absolute atomic E-state index is 11.6. The first-order valence-corrected chi connectivity index (χ1v) is 6.24. The molecule has 0 aromatic carbocycles. The van der Waals surface area contributed by atoms with E-state index in [1.54, 1.807) is 6.20 Å². The molecule has 0 saturated heterocycles. The summed E-state index contributed by atoms with van der Waals surface area (Å²) in [6.45, 7) is 8.03. The van der Waals surface area contributed by atoms with Crippen molar-refractivity contribution in [3.05, 3.63) is 22.3 Å². The predicted octanol–water partition coefficient (Wildman–Crippen LogP) is 2.48. The van der Waals surface area contributed by atoms with Gasteiger partial charge in [-0.1, -0.05) is 0 Å². The molecule has 0 unspecified atom stereocenters. The van der Waals surface area contributed by atoms with Crippen LogP contribution in [0.2, 0.25) is 0 Å². The van der Waals surface area contributed by atoms with Gasteiger partial charge >= 0.3 is 0 Å². The number of pyridine rings is 1. The Balaban J connectivity index is 2.53. The van der Waals surface area contributed by atoms with Crippen LogP contribution < -0.4 is 10.6 Å². The molecule has 0 fully saturated rings. The molecule has 1 aromatic heterocycles.